The van der Waals surface area contributed by atoms with E-state index in [1.54, 1.807) is 14.0 Å². The summed E-state index contributed by atoms with van der Waals surface area (Å²) in [7, 11) is -1.87. The Morgan fingerprint density at radius 3 is 2.53 bits per heavy atom. The molecule has 7 heteroatoms. The predicted molar refractivity (Wildman–Crippen MR) is 71.9 cm³/mol. The van der Waals surface area contributed by atoms with Crippen LogP contribution in [0.2, 0.25) is 0 Å². The Hall–Kier alpha value is -1.08. The maximum absolute atomic E-state index is 12.4. The minimum absolute atomic E-state index is 0.0729. The molecule has 1 aromatic heterocycles. The first kappa shape index (κ1) is 12.9. The molecule has 0 aromatic carbocycles. The predicted octanol–water partition coefficient (Wildman–Crippen LogP) is 0.779. The summed E-state index contributed by atoms with van der Waals surface area (Å²) in [5.41, 5.74) is 6.51. The fourth-order valence-corrected chi connectivity index (χ4v) is 4.30. The van der Waals surface area contributed by atoms with Crippen molar-refractivity contribution in [2.75, 3.05) is 12.3 Å². The minimum Gasteiger partial charge on any atom is -0.381 e. The van der Waals surface area contributed by atoms with E-state index in [1.165, 1.54) is 17.5 Å². The van der Waals surface area contributed by atoms with E-state index in [-0.39, 0.29) is 16.1 Å². The molecule has 3 rings (SSSR count). The highest BCUT2D eigenvalue weighted by atomic mass is 32.2. The molecule has 0 radical (unpaired) electrons. The van der Waals surface area contributed by atoms with Gasteiger partial charge in [0.25, 0.3) is 0 Å². The maximum atomic E-state index is 12.4. The van der Waals surface area contributed by atoms with E-state index in [0.717, 1.165) is 18.8 Å². The van der Waals surface area contributed by atoms with Crippen molar-refractivity contribution in [1.82, 2.24) is 14.5 Å². The van der Waals surface area contributed by atoms with E-state index in [4.69, 9.17) is 5.73 Å². The van der Waals surface area contributed by atoms with Gasteiger partial charge in [-0.2, -0.15) is 5.10 Å². The van der Waals surface area contributed by atoms with Crippen LogP contribution in [0.15, 0.2) is 4.90 Å². The first-order valence-corrected chi connectivity index (χ1v) is 8.13. The van der Waals surface area contributed by atoms with Crippen molar-refractivity contribution in [2.24, 2.45) is 18.4 Å². The zero-order chi connectivity index (χ0) is 13.8. The number of rotatable bonds is 5. The molecule has 2 saturated carbocycles. The lowest BCUT2D eigenvalue weighted by Gasteiger charge is -2.15. The fourth-order valence-electron chi connectivity index (χ4n) is 2.84. The summed E-state index contributed by atoms with van der Waals surface area (Å²) in [6.45, 7) is 2.25. The van der Waals surface area contributed by atoms with Crippen LogP contribution in [-0.2, 0) is 17.1 Å². The highest BCUT2D eigenvalue weighted by Gasteiger charge is 2.53. The molecule has 0 spiro atoms. The molecule has 2 aliphatic carbocycles. The third-order valence-corrected chi connectivity index (χ3v) is 6.09. The third kappa shape index (κ3) is 2.14. The highest BCUT2D eigenvalue weighted by molar-refractivity contribution is 7.89. The maximum Gasteiger partial charge on any atom is 0.246 e. The molecular formula is C12H20N4O2S. The van der Waals surface area contributed by atoms with Gasteiger partial charge in [-0.25, -0.2) is 13.1 Å². The van der Waals surface area contributed by atoms with E-state index < -0.39 is 10.0 Å². The molecule has 0 unspecified atom stereocenters. The SMILES string of the molecule is Cc1c(S(=O)(=O)NCC2(C3CC3)CC2)c(N)nn1C. The van der Waals surface area contributed by atoms with E-state index >= 15 is 0 Å². The normalized spacial score (nSPS) is 21.6. The molecule has 0 aliphatic heterocycles. The van der Waals surface area contributed by atoms with E-state index in [1.807, 2.05) is 0 Å². The molecule has 2 fully saturated rings. The Morgan fingerprint density at radius 2 is 2.11 bits per heavy atom. The van der Waals surface area contributed by atoms with E-state index in [0.29, 0.717) is 12.2 Å². The first-order valence-electron chi connectivity index (χ1n) is 6.64. The van der Waals surface area contributed by atoms with Crippen LogP contribution in [0, 0.1) is 18.3 Å². The lowest BCUT2D eigenvalue weighted by atomic mass is 10.0. The molecule has 3 N–H and O–H groups in total. The number of nitrogens with two attached hydrogens (primary N) is 1. The van der Waals surface area contributed by atoms with Crippen molar-refractivity contribution in [2.45, 2.75) is 37.5 Å². The molecule has 0 bridgehead atoms. The van der Waals surface area contributed by atoms with Crippen LogP contribution < -0.4 is 10.5 Å². The second kappa shape index (κ2) is 3.96. The summed E-state index contributed by atoms with van der Waals surface area (Å²) in [6, 6.07) is 0. The Balaban J connectivity index is 1.79. The second-order valence-electron chi connectivity index (χ2n) is 5.88. The number of hydrogen-bond acceptors (Lipinski definition) is 4. The second-order valence-corrected chi connectivity index (χ2v) is 7.59. The van der Waals surface area contributed by atoms with Crippen LogP contribution in [0.25, 0.3) is 0 Å². The summed E-state index contributed by atoms with van der Waals surface area (Å²) >= 11 is 0. The fraction of sp³-hybridized carbons (Fsp3) is 0.750. The molecule has 1 aromatic rings. The quantitative estimate of drug-likeness (QED) is 0.836. The summed E-state index contributed by atoms with van der Waals surface area (Å²) in [5.74, 6) is 0.798. The Bertz CT molecular complexity index is 612. The average Bonchev–Trinajstić information content (AvgIpc) is 3.18. The number of anilines is 1. The smallest absolute Gasteiger partial charge is 0.246 e. The van der Waals surface area contributed by atoms with Gasteiger partial charge in [-0.15, -0.1) is 0 Å². The number of nitrogens with zero attached hydrogens (tertiary/aromatic N) is 2. The Kier molecular flexibility index (Phi) is 2.69. The molecule has 2 aliphatic rings. The number of nitrogens with one attached hydrogen (secondary N) is 1. The van der Waals surface area contributed by atoms with Gasteiger partial charge in [-0.1, -0.05) is 0 Å². The van der Waals surface area contributed by atoms with Gasteiger partial charge in [-0.05, 0) is 43.9 Å². The van der Waals surface area contributed by atoms with Gasteiger partial charge in [0.2, 0.25) is 10.0 Å². The number of hydrogen-bond donors (Lipinski definition) is 2. The van der Waals surface area contributed by atoms with Gasteiger partial charge in [0, 0.05) is 13.6 Å². The Labute approximate surface area is 113 Å². The molecule has 106 valence electrons. The van der Waals surface area contributed by atoms with Crippen LogP contribution in [0.1, 0.15) is 31.4 Å². The molecule has 0 amide bonds. The molecule has 6 nitrogen and oxygen atoms in total. The van der Waals surface area contributed by atoms with E-state index in [2.05, 4.69) is 9.82 Å². The lowest BCUT2D eigenvalue weighted by molar-refractivity contribution is 0.432. The van der Waals surface area contributed by atoms with Crippen LogP contribution in [0.4, 0.5) is 5.82 Å². The van der Waals surface area contributed by atoms with Crippen LogP contribution in [0.5, 0.6) is 0 Å². The van der Waals surface area contributed by atoms with Crippen molar-refractivity contribution in [3.8, 4) is 0 Å². The van der Waals surface area contributed by atoms with Crippen molar-refractivity contribution >= 4 is 15.8 Å². The van der Waals surface area contributed by atoms with Gasteiger partial charge in [0.15, 0.2) is 5.82 Å². The van der Waals surface area contributed by atoms with Crippen LogP contribution in [0.3, 0.4) is 0 Å². The van der Waals surface area contributed by atoms with Crippen molar-refractivity contribution in [1.29, 1.82) is 0 Å². The van der Waals surface area contributed by atoms with Gasteiger partial charge in [0.1, 0.15) is 4.90 Å². The molecule has 0 atom stereocenters. The van der Waals surface area contributed by atoms with Crippen molar-refractivity contribution in [3.05, 3.63) is 5.69 Å². The Morgan fingerprint density at radius 1 is 1.47 bits per heavy atom. The van der Waals surface area contributed by atoms with E-state index in [9.17, 15) is 8.42 Å². The molecule has 0 saturated heterocycles. The zero-order valence-corrected chi connectivity index (χ0v) is 12.1. The lowest BCUT2D eigenvalue weighted by Crippen LogP contribution is -2.32. The summed E-state index contributed by atoms with van der Waals surface area (Å²) in [5, 5.41) is 3.96. The topological polar surface area (TPSA) is 90.0 Å². The molecule has 1 heterocycles. The number of nitrogen functional groups attached to an aromatic ring is 1. The number of sulfonamides is 1. The van der Waals surface area contributed by atoms with Gasteiger partial charge < -0.3 is 5.73 Å². The van der Waals surface area contributed by atoms with Gasteiger partial charge in [0.05, 0.1) is 5.69 Å². The highest BCUT2D eigenvalue weighted by Crippen LogP contribution is 2.60. The molecule has 19 heavy (non-hydrogen) atoms. The number of aromatic nitrogens is 2. The summed E-state index contributed by atoms with van der Waals surface area (Å²) < 4.78 is 29.0. The first-order chi connectivity index (χ1) is 8.86. The zero-order valence-electron chi connectivity index (χ0n) is 11.3. The van der Waals surface area contributed by atoms with Crippen molar-refractivity contribution < 1.29 is 8.42 Å². The van der Waals surface area contributed by atoms with Crippen LogP contribution >= 0.6 is 0 Å². The van der Waals surface area contributed by atoms with Crippen LogP contribution in [-0.4, -0.2) is 24.7 Å². The largest absolute Gasteiger partial charge is 0.381 e. The van der Waals surface area contributed by atoms with Gasteiger partial charge in [-0.3, -0.25) is 4.68 Å². The molecular weight excluding hydrogens is 264 g/mol. The number of aryl methyl sites for hydroxylation is 1. The monoisotopic (exact) mass is 284 g/mol. The minimum atomic E-state index is -3.56. The van der Waals surface area contributed by atoms with Gasteiger partial charge >= 0.3 is 0 Å². The summed E-state index contributed by atoms with van der Waals surface area (Å²) in [4.78, 5) is 0.126. The standard InChI is InChI=1S/C12H20N4O2S/c1-8-10(11(13)15-16(8)2)19(17,18)14-7-12(5-6-12)9-3-4-9/h9,14H,3-7H2,1-2H3,(H2,13,15). The summed E-state index contributed by atoms with van der Waals surface area (Å²) in [6.07, 6.45) is 4.77. The third-order valence-electron chi connectivity index (χ3n) is 4.52. The average molecular weight is 284 g/mol. The van der Waals surface area contributed by atoms with Crippen molar-refractivity contribution in [3.63, 3.8) is 0 Å².